The first-order valence-electron chi connectivity index (χ1n) is 8.64. The first kappa shape index (κ1) is 20.0. The number of hydrogen-bond acceptors (Lipinski definition) is 4. The maximum atomic E-state index is 12.6. The Labute approximate surface area is 150 Å². The molecule has 9 heteroatoms. The van der Waals surface area contributed by atoms with Crippen molar-refractivity contribution >= 4 is 17.3 Å². The summed E-state index contributed by atoms with van der Waals surface area (Å²) in [7, 11) is 2.13. The van der Waals surface area contributed by atoms with Crippen LogP contribution in [0.2, 0.25) is 0 Å². The number of thiazole rings is 1. The van der Waals surface area contributed by atoms with Crippen LogP contribution in [0.15, 0.2) is 10.4 Å². The van der Waals surface area contributed by atoms with Gasteiger partial charge in [-0.2, -0.15) is 13.2 Å². The number of alkyl halides is 3. The van der Waals surface area contributed by atoms with Gasteiger partial charge < -0.3 is 15.5 Å². The van der Waals surface area contributed by atoms with E-state index in [4.69, 9.17) is 0 Å². The highest BCUT2D eigenvalue weighted by molar-refractivity contribution is 7.09. The number of nitrogens with zero attached hydrogens (tertiary/aromatic N) is 3. The fourth-order valence-corrected chi connectivity index (χ4v) is 3.60. The Morgan fingerprint density at radius 1 is 1.36 bits per heavy atom. The van der Waals surface area contributed by atoms with Crippen molar-refractivity contribution in [3.05, 3.63) is 16.1 Å². The monoisotopic (exact) mass is 377 g/mol. The molecule has 1 heterocycles. The van der Waals surface area contributed by atoms with Gasteiger partial charge in [-0.3, -0.25) is 0 Å². The van der Waals surface area contributed by atoms with E-state index in [2.05, 4.69) is 32.6 Å². The lowest BCUT2D eigenvalue weighted by molar-refractivity contribution is -0.140. The molecule has 25 heavy (non-hydrogen) atoms. The number of hydrogen-bond donors (Lipinski definition) is 2. The number of halogens is 3. The molecule has 0 aromatic carbocycles. The van der Waals surface area contributed by atoms with Crippen molar-refractivity contribution in [2.24, 2.45) is 4.99 Å². The molecule has 0 saturated heterocycles. The van der Waals surface area contributed by atoms with Crippen molar-refractivity contribution in [1.29, 1.82) is 0 Å². The summed E-state index contributed by atoms with van der Waals surface area (Å²) in [6.45, 7) is 4.42. The van der Waals surface area contributed by atoms with Crippen LogP contribution >= 0.6 is 11.3 Å². The van der Waals surface area contributed by atoms with E-state index in [1.807, 2.05) is 6.92 Å². The minimum atomic E-state index is -4.40. The first-order chi connectivity index (χ1) is 11.9. The Balaban J connectivity index is 1.82. The molecule has 0 amide bonds. The first-order valence-corrected chi connectivity index (χ1v) is 9.52. The van der Waals surface area contributed by atoms with Gasteiger partial charge in [0.05, 0.1) is 6.54 Å². The number of guanidine groups is 1. The highest BCUT2D eigenvalue weighted by atomic mass is 32.1. The lowest BCUT2D eigenvalue weighted by Crippen LogP contribution is -2.42. The summed E-state index contributed by atoms with van der Waals surface area (Å²) in [5.74, 6) is 0.603. The van der Waals surface area contributed by atoms with Crippen molar-refractivity contribution in [2.75, 3.05) is 26.7 Å². The molecule has 2 rings (SSSR count). The maximum Gasteiger partial charge on any atom is 0.434 e. The van der Waals surface area contributed by atoms with Gasteiger partial charge in [0.25, 0.3) is 0 Å². The van der Waals surface area contributed by atoms with Gasteiger partial charge in [-0.05, 0) is 26.8 Å². The number of aromatic nitrogens is 1. The second-order valence-corrected chi connectivity index (χ2v) is 7.11. The molecule has 0 unspecified atom stereocenters. The Hall–Kier alpha value is -1.35. The van der Waals surface area contributed by atoms with Crippen LogP contribution in [0.25, 0.3) is 0 Å². The van der Waals surface area contributed by atoms with Gasteiger partial charge in [0.15, 0.2) is 11.7 Å². The molecule has 1 aliphatic rings. The third-order valence-electron chi connectivity index (χ3n) is 4.26. The normalized spacial score (nSPS) is 16.6. The largest absolute Gasteiger partial charge is 0.434 e. The molecular weight excluding hydrogens is 351 g/mol. The Kier molecular flexibility index (Phi) is 7.49. The molecule has 1 aromatic heterocycles. The quantitative estimate of drug-likeness (QED) is 0.566. The molecular formula is C16H26F3N5S. The molecule has 0 bridgehead atoms. The van der Waals surface area contributed by atoms with Crippen molar-refractivity contribution in [3.8, 4) is 0 Å². The van der Waals surface area contributed by atoms with Crippen LogP contribution < -0.4 is 10.6 Å². The third kappa shape index (κ3) is 6.47. The van der Waals surface area contributed by atoms with E-state index in [0.717, 1.165) is 29.8 Å². The van der Waals surface area contributed by atoms with Crippen molar-refractivity contribution in [1.82, 2.24) is 20.5 Å². The van der Waals surface area contributed by atoms with Crippen LogP contribution in [0.3, 0.4) is 0 Å². The van der Waals surface area contributed by atoms with Crippen molar-refractivity contribution < 1.29 is 13.2 Å². The fraction of sp³-hybridized carbons (Fsp3) is 0.750. The number of rotatable bonds is 7. The van der Waals surface area contributed by atoms with E-state index in [0.29, 0.717) is 23.6 Å². The Morgan fingerprint density at radius 2 is 2.08 bits per heavy atom. The summed E-state index contributed by atoms with van der Waals surface area (Å²) in [4.78, 5) is 10.3. The Morgan fingerprint density at radius 3 is 2.68 bits per heavy atom. The number of aliphatic imine (C=N–C) groups is 1. The van der Waals surface area contributed by atoms with E-state index in [9.17, 15) is 13.2 Å². The van der Waals surface area contributed by atoms with Gasteiger partial charge in [-0.15, -0.1) is 11.3 Å². The zero-order valence-electron chi connectivity index (χ0n) is 14.7. The number of likely N-dealkylation sites (N-methyl/N-ethyl adjacent to an activating group) is 1. The summed E-state index contributed by atoms with van der Waals surface area (Å²) in [6, 6.07) is 0.664. The zero-order valence-corrected chi connectivity index (χ0v) is 15.5. The van der Waals surface area contributed by atoms with E-state index in [1.54, 1.807) is 0 Å². The highest BCUT2D eigenvalue weighted by Gasteiger charge is 2.33. The standard InChI is InChI=1S/C16H26F3N5S/c1-3-20-15(21-8-9-24(2)12-6-4-5-7-12)22-10-14-23-13(11-25-14)16(17,18)19/h11-12H,3-10H2,1-2H3,(H2,20,21,22). The molecule has 1 aliphatic carbocycles. The molecule has 1 fully saturated rings. The summed E-state index contributed by atoms with van der Waals surface area (Å²) in [5, 5.41) is 7.73. The van der Waals surface area contributed by atoms with Gasteiger partial charge in [-0.1, -0.05) is 12.8 Å². The van der Waals surface area contributed by atoms with Crippen LogP contribution in [0.5, 0.6) is 0 Å². The van der Waals surface area contributed by atoms with Crippen molar-refractivity contribution in [3.63, 3.8) is 0 Å². The van der Waals surface area contributed by atoms with Gasteiger partial charge >= 0.3 is 6.18 Å². The van der Waals surface area contributed by atoms with E-state index < -0.39 is 11.9 Å². The third-order valence-corrected chi connectivity index (χ3v) is 5.10. The smallest absolute Gasteiger partial charge is 0.357 e. The zero-order chi connectivity index (χ0) is 18.3. The lowest BCUT2D eigenvalue weighted by Gasteiger charge is -2.24. The van der Waals surface area contributed by atoms with Crippen LogP contribution in [0, 0.1) is 0 Å². The van der Waals surface area contributed by atoms with E-state index in [1.165, 1.54) is 25.7 Å². The number of nitrogens with one attached hydrogen (secondary N) is 2. The predicted octanol–water partition coefficient (Wildman–Crippen LogP) is 3.09. The average molecular weight is 377 g/mol. The fourth-order valence-electron chi connectivity index (χ4n) is 2.88. The molecule has 2 N–H and O–H groups in total. The molecule has 1 saturated carbocycles. The van der Waals surface area contributed by atoms with Crippen LogP contribution in [-0.2, 0) is 12.7 Å². The second kappa shape index (κ2) is 9.38. The predicted molar refractivity (Wildman–Crippen MR) is 94.8 cm³/mol. The molecule has 1 aromatic rings. The molecule has 0 aliphatic heterocycles. The van der Waals surface area contributed by atoms with E-state index in [-0.39, 0.29) is 6.54 Å². The van der Waals surface area contributed by atoms with Crippen LogP contribution in [0.4, 0.5) is 13.2 Å². The van der Waals surface area contributed by atoms with Gasteiger partial charge in [0.2, 0.25) is 0 Å². The minimum absolute atomic E-state index is 0.133. The summed E-state index contributed by atoms with van der Waals surface area (Å²) in [6.07, 6.45) is 0.735. The van der Waals surface area contributed by atoms with Gasteiger partial charge in [0.1, 0.15) is 5.01 Å². The molecule has 0 spiro atoms. The van der Waals surface area contributed by atoms with Crippen molar-refractivity contribution in [2.45, 2.75) is 51.4 Å². The van der Waals surface area contributed by atoms with Gasteiger partial charge in [-0.25, -0.2) is 9.98 Å². The molecule has 0 radical (unpaired) electrons. The SMILES string of the molecule is CCNC(=NCc1nc(C(F)(F)F)cs1)NCCN(C)C1CCCC1. The Bertz CT molecular complexity index is 552. The highest BCUT2D eigenvalue weighted by Crippen LogP contribution is 2.30. The lowest BCUT2D eigenvalue weighted by atomic mass is 10.2. The van der Waals surface area contributed by atoms with Crippen LogP contribution in [-0.4, -0.2) is 48.6 Å². The minimum Gasteiger partial charge on any atom is -0.357 e. The molecule has 0 atom stereocenters. The topological polar surface area (TPSA) is 52.6 Å². The van der Waals surface area contributed by atoms with Gasteiger partial charge in [0, 0.05) is 31.1 Å². The molecule has 5 nitrogen and oxygen atoms in total. The summed E-state index contributed by atoms with van der Waals surface area (Å²) < 4.78 is 37.7. The average Bonchev–Trinajstić information content (AvgIpc) is 3.23. The van der Waals surface area contributed by atoms with Crippen LogP contribution in [0.1, 0.15) is 43.3 Å². The summed E-state index contributed by atoms with van der Waals surface area (Å²) in [5.41, 5.74) is -0.848. The van der Waals surface area contributed by atoms with E-state index >= 15 is 0 Å². The summed E-state index contributed by atoms with van der Waals surface area (Å²) >= 11 is 0.980. The molecule has 142 valence electrons. The maximum absolute atomic E-state index is 12.6. The second-order valence-electron chi connectivity index (χ2n) is 6.17.